The second-order valence-corrected chi connectivity index (χ2v) is 8.52. The van der Waals surface area contributed by atoms with Crippen LogP contribution in [-0.4, -0.2) is 46.4 Å². The van der Waals surface area contributed by atoms with E-state index in [-0.39, 0.29) is 17.7 Å². The van der Waals surface area contributed by atoms with Gasteiger partial charge in [-0.05, 0) is 63.5 Å². The molecule has 1 aliphatic heterocycles. The number of aliphatic carboxylic acids is 1. The number of nitrogens with one attached hydrogen (secondary N) is 1. The van der Waals surface area contributed by atoms with Crippen LogP contribution in [0, 0.1) is 18.8 Å². The van der Waals surface area contributed by atoms with Crippen molar-refractivity contribution in [3.05, 3.63) is 35.4 Å². The van der Waals surface area contributed by atoms with Crippen LogP contribution < -0.4 is 5.32 Å². The van der Waals surface area contributed by atoms with Gasteiger partial charge in [-0.1, -0.05) is 24.6 Å². The summed E-state index contributed by atoms with van der Waals surface area (Å²) in [6.07, 6.45) is 3.95. The van der Waals surface area contributed by atoms with E-state index in [2.05, 4.69) is 12.2 Å². The number of aryl methyl sites for hydroxylation is 1. The zero-order valence-electron chi connectivity index (χ0n) is 16.7. The number of rotatable bonds is 4. The van der Waals surface area contributed by atoms with Crippen molar-refractivity contribution in [3.8, 4) is 0 Å². The summed E-state index contributed by atoms with van der Waals surface area (Å²) in [5, 5.41) is 12.6. The average Bonchev–Trinajstić information content (AvgIpc) is 2.70. The minimum Gasteiger partial charge on any atom is -0.480 e. The molecule has 0 aromatic heterocycles. The van der Waals surface area contributed by atoms with Crippen LogP contribution in [0.2, 0.25) is 0 Å². The second-order valence-electron chi connectivity index (χ2n) is 8.52. The van der Waals surface area contributed by atoms with E-state index in [0.717, 1.165) is 24.8 Å². The maximum absolute atomic E-state index is 12.9. The Morgan fingerprint density at radius 1 is 1.11 bits per heavy atom. The molecule has 28 heavy (non-hydrogen) atoms. The fraction of sp³-hybridized carbons (Fsp3) is 0.591. The Labute approximate surface area is 166 Å². The Bertz CT molecular complexity index is 735. The molecule has 2 aliphatic rings. The first-order chi connectivity index (χ1) is 13.3. The van der Waals surface area contributed by atoms with Gasteiger partial charge in [0.05, 0.1) is 5.92 Å². The zero-order valence-corrected chi connectivity index (χ0v) is 16.7. The Balaban J connectivity index is 1.66. The lowest BCUT2D eigenvalue weighted by Gasteiger charge is -2.39. The molecule has 1 heterocycles. The molecular formula is C22H30N2O4. The summed E-state index contributed by atoms with van der Waals surface area (Å²) < 4.78 is 0. The van der Waals surface area contributed by atoms with E-state index in [9.17, 15) is 19.5 Å². The van der Waals surface area contributed by atoms with Gasteiger partial charge in [0.25, 0.3) is 5.91 Å². The second kappa shape index (κ2) is 8.33. The first kappa shape index (κ1) is 20.4. The van der Waals surface area contributed by atoms with E-state index in [1.165, 1.54) is 0 Å². The number of carboxylic acid groups (broad SMARTS) is 1. The summed E-state index contributed by atoms with van der Waals surface area (Å²) in [7, 11) is 0. The number of carbonyl (C=O) groups is 3. The molecule has 2 N–H and O–H groups in total. The Morgan fingerprint density at radius 2 is 1.75 bits per heavy atom. The molecular weight excluding hydrogens is 356 g/mol. The maximum atomic E-state index is 12.9. The van der Waals surface area contributed by atoms with Gasteiger partial charge in [-0.2, -0.15) is 0 Å². The van der Waals surface area contributed by atoms with E-state index >= 15 is 0 Å². The number of likely N-dealkylation sites (tertiary alicyclic amines) is 1. The highest BCUT2D eigenvalue weighted by atomic mass is 16.4. The van der Waals surface area contributed by atoms with Gasteiger partial charge in [-0.15, -0.1) is 0 Å². The van der Waals surface area contributed by atoms with Gasteiger partial charge in [0.1, 0.15) is 5.54 Å². The quantitative estimate of drug-likeness (QED) is 0.833. The Morgan fingerprint density at radius 3 is 2.36 bits per heavy atom. The summed E-state index contributed by atoms with van der Waals surface area (Å²) in [5.41, 5.74) is 0.551. The Kier molecular flexibility index (Phi) is 6.06. The van der Waals surface area contributed by atoms with Gasteiger partial charge in [-0.25, -0.2) is 4.79 Å². The first-order valence-electron chi connectivity index (χ1n) is 10.2. The summed E-state index contributed by atoms with van der Waals surface area (Å²) in [5.74, 6) is -1.13. The van der Waals surface area contributed by atoms with Crippen molar-refractivity contribution in [2.24, 2.45) is 11.8 Å². The Hall–Kier alpha value is -2.37. The van der Waals surface area contributed by atoms with Crippen LogP contribution in [0.25, 0.3) is 0 Å². The molecule has 1 aromatic carbocycles. The van der Waals surface area contributed by atoms with Gasteiger partial charge in [0.2, 0.25) is 5.91 Å². The van der Waals surface area contributed by atoms with Crippen molar-refractivity contribution in [2.45, 2.75) is 57.9 Å². The molecule has 1 aromatic rings. The van der Waals surface area contributed by atoms with Crippen LogP contribution >= 0.6 is 0 Å². The molecule has 2 amide bonds. The third-order valence-electron chi connectivity index (χ3n) is 6.28. The smallest absolute Gasteiger partial charge is 0.329 e. The van der Waals surface area contributed by atoms with Crippen molar-refractivity contribution >= 4 is 17.8 Å². The van der Waals surface area contributed by atoms with Gasteiger partial charge < -0.3 is 15.3 Å². The van der Waals surface area contributed by atoms with Crippen molar-refractivity contribution in [1.82, 2.24) is 10.2 Å². The molecule has 3 rings (SSSR count). The number of amides is 2. The van der Waals surface area contributed by atoms with Crippen molar-refractivity contribution < 1.29 is 19.5 Å². The molecule has 152 valence electrons. The van der Waals surface area contributed by atoms with Gasteiger partial charge in [0, 0.05) is 18.7 Å². The molecule has 6 heteroatoms. The predicted octanol–water partition coefficient (Wildman–Crippen LogP) is 3.00. The largest absolute Gasteiger partial charge is 0.480 e. The number of hydrogen-bond acceptors (Lipinski definition) is 3. The van der Waals surface area contributed by atoms with Crippen molar-refractivity contribution in [1.29, 1.82) is 0 Å². The molecule has 1 atom stereocenters. The van der Waals surface area contributed by atoms with E-state index in [0.29, 0.717) is 43.8 Å². The fourth-order valence-electron chi connectivity index (χ4n) is 4.24. The van der Waals surface area contributed by atoms with Crippen LogP contribution in [-0.2, 0) is 9.59 Å². The number of hydrogen-bond donors (Lipinski definition) is 2. The number of carboxylic acids is 1. The lowest BCUT2D eigenvalue weighted by Crippen LogP contribution is -2.59. The predicted molar refractivity (Wildman–Crippen MR) is 106 cm³/mol. The number of piperidine rings is 1. The average molecular weight is 386 g/mol. The van der Waals surface area contributed by atoms with Crippen molar-refractivity contribution in [3.63, 3.8) is 0 Å². The molecule has 0 radical (unpaired) electrons. The molecule has 6 nitrogen and oxygen atoms in total. The minimum absolute atomic E-state index is 0.0723. The monoisotopic (exact) mass is 386 g/mol. The van der Waals surface area contributed by atoms with Gasteiger partial charge >= 0.3 is 5.97 Å². The number of carbonyl (C=O) groups excluding carboxylic acids is 2. The summed E-state index contributed by atoms with van der Waals surface area (Å²) in [6.45, 7) is 5.05. The highest BCUT2D eigenvalue weighted by Crippen LogP contribution is 2.33. The fourth-order valence-corrected chi connectivity index (χ4v) is 4.24. The molecule has 1 unspecified atom stereocenters. The van der Waals surface area contributed by atoms with E-state index in [4.69, 9.17) is 0 Å². The number of nitrogens with zero attached hydrogens (tertiary/aromatic N) is 1. The normalized spacial score (nSPS) is 27.9. The van der Waals surface area contributed by atoms with Gasteiger partial charge in [-0.3, -0.25) is 9.59 Å². The van der Waals surface area contributed by atoms with Crippen LogP contribution in [0.15, 0.2) is 24.3 Å². The van der Waals surface area contributed by atoms with Crippen LogP contribution in [0.5, 0.6) is 0 Å². The molecule has 1 aliphatic carbocycles. The summed E-state index contributed by atoms with van der Waals surface area (Å²) >= 11 is 0. The molecule has 0 spiro atoms. The lowest BCUT2D eigenvalue weighted by molar-refractivity contribution is -0.150. The molecule has 1 saturated carbocycles. The van der Waals surface area contributed by atoms with Crippen LogP contribution in [0.3, 0.4) is 0 Å². The summed E-state index contributed by atoms with van der Waals surface area (Å²) in [4.78, 5) is 39.3. The topological polar surface area (TPSA) is 86.7 Å². The van der Waals surface area contributed by atoms with E-state index in [1.54, 1.807) is 4.90 Å². The third kappa shape index (κ3) is 4.37. The number of benzene rings is 1. The third-order valence-corrected chi connectivity index (χ3v) is 6.28. The van der Waals surface area contributed by atoms with Crippen LogP contribution in [0.1, 0.15) is 61.4 Å². The van der Waals surface area contributed by atoms with E-state index < -0.39 is 11.5 Å². The highest BCUT2D eigenvalue weighted by molar-refractivity contribution is 5.95. The maximum Gasteiger partial charge on any atom is 0.329 e. The summed E-state index contributed by atoms with van der Waals surface area (Å²) in [6, 6.07) is 7.43. The standard InChI is InChI=1S/C22H30N2O4/c1-15-5-7-17(8-6-15)20(26)24-13-3-4-18(14-24)19(25)23-22(21(27)28)11-9-16(2)10-12-22/h5-8,16,18H,3-4,9-14H2,1-2H3,(H,23,25)(H,27,28). The van der Waals surface area contributed by atoms with Crippen molar-refractivity contribution in [2.75, 3.05) is 13.1 Å². The van der Waals surface area contributed by atoms with Gasteiger partial charge in [0.15, 0.2) is 0 Å². The SMILES string of the molecule is Cc1ccc(C(=O)N2CCCC(C(=O)NC3(C(=O)O)CCC(C)CC3)C2)cc1. The molecule has 0 bridgehead atoms. The highest BCUT2D eigenvalue weighted by Gasteiger charge is 2.44. The minimum atomic E-state index is -1.16. The first-order valence-corrected chi connectivity index (χ1v) is 10.2. The van der Waals surface area contributed by atoms with E-state index in [1.807, 2.05) is 31.2 Å². The molecule has 2 fully saturated rings. The zero-order chi connectivity index (χ0) is 20.3. The van der Waals surface area contributed by atoms with Crippen LogP contribution in [0.4, 0.5) is 0 Å². The lowest BCUT2D eigenvalue weighted by atomic mass is 9.76. The molecule has 1 saturated heterocycles.